The lowest BCUT2D eigenvalue weighted by Gasteiger charge is -2.07. The van der Waals surface area contributed by atoms with E-state index in [1.165, 1.54) is 5.56 Å². The molecule has 0 radical (unpaired) electrons. The highest BCUT2D eigenvalue weighted by atomic mass is 16.5. The highest BCUT2D eigenvalue weighted by Gasteiger charge is 2.05. The summed E-state index contributed by atoms with van der Waals surface area (Å²) in [7, 11) is 1.61. The smallest absolute Gasteiger partial charge is 0.162 e. The lowest BCUT2D eigenvalue weighted by molar-refractivity contribution is -0.123. The summed E-state index contributed by atoms with van der Waals surface area (Å²) >= 11 is 0. The Balaban J connectivity index is 2.35. The first kappa shape index (κ1) is 14.9. The molecule has 1 aromatic carbocycles. The molecule has 0 saturated heterocycles. The van der Waals surface area contributed by atoms with Gasteiger partial charge in [-0.1, -0.05) is 38.1 Å². The summed E-state index contributed by atoms with van der Waals surface area (Å²) in [4.78, 5) is 11.6. The van der Waals surface area contributed by atoms with Crippen LogP contribution in [0.2, 0.25) is 0 Å². The van der Waals surface area contributed by atoms with Gasteiger partial charge in [-0.2, -0.15) is 0 Å². The first-order chi connectivity index (χ1) is 8.63. The van der Waals surface area contributed by atoms with Crippen LogP contribution in [0.1, 0.15) is 30.9 Å². The van der Waals surface area contributed by atoms with E-state index in [1.54, 1.807) is 7.11 Å². The highest BCUT2D eigenvalue weighted by Crippen LogP contribution is 2.14. The Morgan fingerprint density at radius 1 is 1.17 bits per heavy atom. The summed E-state index contributed by atoms with van der Waals surface area (Å²) in [6.07, 6.45) is 0.436. The molecule has 0 amide bonds. The van der Waals surface area contributed by atoms with E-state index in [0.717, 1.165) is 5.56 Å². The molecule has 0 heterocycles. The zero-order valence-electron chi connectivity index (χ0n) is 11.4. The van der Waals surface area contributed by atoms with Gasteiger partial charge in [0.2, 0.25) is 0 Å². The van der Waals surface area contributed by atoms with Crippen molar-refractivity contribution in [3.8, 4) is 0 Å². The lowest BCUT2D eigenvalue weighted by atomic mass is 10.0. The first-order valence-electron chi connectivity index (χ1n) is 6.30. The standard InChI is InChI=1S/C15H22O3/c1-12(2)14-6-4-13(5-7-14)10-15(16)11-18-9-8-17-3/h4-7,12H,8-11H2,1-3H3. The molecule has 0 aliphatic rings. The van der Waals surface area contributed by atoms with Gasteiger partial charge >= 0.3 is 0 Å². The van der Waals surface area contributed by atoms with Gasteiger partial charge in [0.1, 0.15) is 6.61 Å². The van der Waals surface area contributed by atoms with Crippen molar-refractivity contribution in [1.29, 1.82) is 0 Å². The summed E-state index contributed by atoms with van der Waals surface area (Å²) in [6.45, 7) is 5.47. The van der Waals surface area contributed by atoms with E-state index < -0.39 is 0 Å². The van der Waals surface area contributed by atoms with Gasteiger partial charge in [-0.05, 0) is 17.0 Å². The second-order valence-electron chi connectivity index (χ2n) is 4.66. The average Bonchev–Trinajstić information content (AvgIpc) is 2.35. The molecule has 0 aliphatic heterocycles. The van der Waals surface area contributed by atoms with E-state index in [-0.39, 0.29) is 12.4 Å². The monoisotopic (exact) mass is 250 g/mol. The third kappa shape index (κ3) is 5.43. The van der Waals surface area contributed by atoms with Gasteiger partial charge in [0.05, 0.1) is 13.2 Å². The van der Waals surface area contributed by atoms with Gasteiger partial charge in [-0.3, -0.25) is 4.79 Å². The SMILES string of the molecule is COCCOCC(=O)Cc1ccc(C(C)C)cc1. The van der Waals surface area contributed by atoms with E-state index in [2.05, 4.69) is 26.0 Å². The van der Waals surface area contributed by atoms with E-state index in [1.807, 2.05) is 12.1 Å². The molecule has 0 N–H and O–H groups in total. The number of ketones is 1. The molecule has 3 nitrogen and oxygen atoms in total. The fraction of sp³-hybridized carbons (Fsp3) is 0.533. The van der Waals surface area contributed by atoms with Crippen LogP contribution in [0, 0.1) is 0 Å². The summed E-state index contributed by atoms with van der Waals surface area (Å²) in [5.74, 6) is 0.621. The number of ether oxygens (including phenoxy) is 2. The van der Waals surface area contributed by atoms with Crippen molar-refractivity contribution < 1.29 is 14.3 Å². The Labute approximate surface area is 109 Å². The van der Waals surface area contributed by atoms with Crippen LogP contribution in [0.4, 0.5) is 0 Å². The van der Waals surface area contributed by atoms with E-state index in [9.17, 15) is 4.79 Å². The summed E-state index contributed by atoms with van der Waals surface area (Å²) < 4.78 is 10.0. The Bertz CT molecular complexity index is 355. The molecule has 18 heavy (non-hydrogen) atoms. The molecular weight excluding hydrogens is 228 g/mol. The summed E-state index contributed by atoms with van der Waals surface area (Å²) in [6, 6.07) is 8.20. The highest BCUT2D eigenvalue weighted by molar-refractivity contribution is 5.82. The molecule has 0 spiro atoms. The van der Waals surface area contributed by atoms with E-state index >= 15 is 0 Å². The Morgan fingerprint density at radius 2 is 1.83 bits per heavy atom. The number of hydrogen-bond acceptors (Lipinski definition) is 3. The normalized spacial score (nSPS) is 10.9. The molecule has 100 valence electrons. The van der Waals surface area contributed by atoms with Gasteiger partial charge in [0.15, 0.2) is 5.78 Å². The van der Waals surface area contributed by atoms with Crippen LogP contribution in [-0.2, 0) is 20.7 Å². The Morgan fingerprint density at radius 3 is 2.39 bits per heavy atom. The van der Waals surface area contributed by atoms with Gasteiger partial charge in [0.25, 0.3) is 0 Å². The average molecular weight is 250 g/mol. The molecular formula is C15H22O3. The Hall–Kier alpha value is -1.19. The van der Waals surface area contributed by atoms with Gasteiger partial charge < -0.3 is 9.47 Å². The summed E-state index contributed by atoms with van der Waals surface area (Å²) in [5, 5.41) is 0. The van der Waals surface area contributed by atoms with Crippen LogP contribution in [0.15, 0.2) is 24.3 Å². The summed E-state index contributed by atoms with van der Waals surface area (Å²) in [5.41, 5.74) is 2.34. The number of Topliss-reactive ketones (excluding diaryl/α,β-unsaturated/α-hetero) is 1. The van der Waals surface area contributed by atoms with Crippen LogP contribution < -0.4 is 0 Å². The molecule has 0 saturated carbocycles. The molecule has 1 rings (SSSR count). The number of rotatable bonds is 8. The first-order valence-corrected chi connectivity index (χ1v) is 6.30. The maximum absolute atomic E-state index is 11.6. The van der Waals surface area contributed by atoms with Crippen molar-refractivity contribution in [2.24, 2.45) is 0 Å². The molecule has 0 unspecified atom stereocenters. The number of methoxy groups -OCH3 is 1. The molecule has 0 aromatic heterocycles. The third-order valence-electron chi connectivity index (χ3n) is 2.74. The minimum Gasteiger partial charge on any atom is -0.382 e. The fourth-order valence-electron chi connectivity index (χ4n) is 1.63. The number of benzene rings is 1. The topological polar surface area (TPSA) is 35.5 Å². The van der Waals surface area contributed by atoms with E-state index in [0.29, 0.717) is 25.6 Å². The van der Waals surface area contributed by atoms with Gasteiger partial charge in [-0.25, -0.2) is 0 Å². The van der Waals surface area contributed by atoms with Crippen molar-refractivity contribution in [3.63, 3.8) is 0 Å². The van der Waals surface area contributed by atoms with Gasteiger partial charge in [0, 0.05) is 13.5 Å². The van der Waals surface area contributed by atoms with Crippen LogP contribution in [0.3, 0.4) is 0 Å². The number of carbonyl (C=O) groups is 1. The number of carbonyl (C=O) groups excluding carboxylic acids is 1. The predicted octanol–water partition coefficient (Wildman–Crippen LogP) is 2.58. The van der Waals surface area contributed by atoms with Crippen molar-refractivity contribution >= 4 is 5.78 Å². The maximum atomic E-state index is 11.6. The minimum absolute atomic E-state index is 0.100. The van der Waals surface area contributed by atoms with Gasteiger partial charge in [-0.15, -0.1) is 0 Å². The van der Waals surface area contributed by atoms with Crippen molar-refractivity contribution in [2.75, 3.05) is 26.9 Å². The second kappa shape index (κ2) is 8.01. The van der Waals surface area contributed by atoms with Crippen LogP contribution in [0.5, 0.6) is 0 Å². The largest absolute Gasteiger partial charge is 0.382 e. The maximum Gasteiger partial charge on any atom is 0.162 e. The van der Waals surface area contributed by atoms with Crippen LogP contribution in [-0.4, -0.2) is 32.7 Å². The molecule has 0 atom stereocenters. The lowest BCUT2D eigenvalue weighted by Crippen LogP contribution is -2.13. The zero-order chi connectivity index (χ0) is 13.4. The molecule has 0 bridgehead atoms. The van der Waals surface area contributed by atoms with Crippen LogP contribution in [0.25, 0.3) is 0 Å². The molecule has 1 aromatic rings. The number of hydrogen-bond donors (Lipinski definition) is 0. The van der Waals surface area contributed by atoms with Crippen LogP contribution >= 0.6 is 0 Å². The third-order valence-corrected chi connectivity index (χ3v) is 2.74. The molecule has 0 fully saturated rings. The van der Waals surface area contributed by atoms with Crippen molar-refractivity contribution in [3.05, 3.63) is 35.4 Å². The minimum atomic E-state index is 0.100. The Kier molecular flexibility index (Phi) is 6.61. The zero-order valence-corrected chi connectivity index (χ0v) is 11.4. The molecule has 3 heteroatoms. The van der Waals surface area contributed by atoms with Crippen molar-refractivity contribution in [2.45, 2.75) is 26.2 Å². The molecule has 0 aliphatic carbocycles. The van der Waals surface area contributed by atoms with E-state index in [4.69, 9.17) is 9.47 Å². The fourth-order valence-corrected chi connectivity index (χ4v) is 1.63. The quantitative estimate of drug-likeness (QED) is 0.665. The second-order valence-corrected chi connectivity index (χ2v) is 4.66. The van der Waals surface area contributed by atoms with Crippen molar-refractivity contribution in [1.82, 2.24) is 0 Å². The predicted molar refractivity (Wildman–Crippen MR) is 71.9 cm³/mol.